The van der Waals surface area contributed by atoms with Gasteiger partial charge in [-0.05, 0) is 12.8 Å². The number of ether oxygens (including phenoxy) is 1. The SMILES string of the molecule is CCC.CCCC(CC)OC.CO. The highest BCUT2D eigenvalue weighted by Gasteiger charge is 1.99. The standard InChI is InChI=1S/C7H16O.C3H8.CH4O/c1-4-6-7(5-2)8-3;1-3-2;1-2/h7H,4-6H2,1-3H3;3H2,1-2H3;2H,1H3. The Morgan fingerprint density at radius 1 is 1.08 bits per heavy atom. The number of aliphatic hydroxyl groups excluding tert-OH is 1. The maximum absolute atomic E-state index is 7.00. The Kier molecular flexibility index (Phi) is 32.5. The van der Waals surface area contributed by atoms with Crippen molar-refractivity contribution in [2.24, 2.45) is 0 Å². The molecule has 0 aliphatic carbocycles. The lowest BCUT2D eigenvalue weighted by molar-refractivity contribution is 0.0915. The van der Waals surface area contributed by atoms with Gasteiger partial charge in [-0.1, -0.05) is 40.5 Å². The first kappa shape index (κ1) is 18.7. The second-order valence-electron chi connectivity index (χ2n) is 2.76. The van der Waals surface area contributed by atoms with Crippen molar-refractivity contribution in [3.8, 4) is 0 Å². The highest BCUT2D eigenvalue weighted by atomic mass is 16.5. The van der Waals surface area contributed by atoms with Gasteiger partial charge in [-0.15, -0.1) is 0 Å². The van der Waals surface area contributed by atoms with Gasteiger partial charge in [-0.25, -0.2) is 0 Å². The lowest BCUT2D eigenvalue weighted by Crippen LogP contribution is -2.07. The molecule has 0 fully saturated rings. The fourth-order valence-electron chi connectivity index (χ4n) is 0.811. The fourth-order valence-corrected chi connectivity index (χ4v) is 0.811. The Balaban J connectivity index is -0.000000169. The molecule has 0 bridgehead atoms. The Morgan fingerprint density at radius 2 is 1.46 bits per heavy atom. The molecule has 0 saturated heterocycles. The molecule has 1 unspecified atom stereocenters. The third-order valence-corrected chi connectivity index (χ3v) is 1.40. The van der Waals surface area contributed by atoms with Crippen molar-refractivity contribution in [3.63, 3.8) is 0 Å². The van der Waals surface area contributed by atoms with E-state index in [9.17, 15) is 0 Å². The third-order valence-electron chi connectivity index (χ3n) is 1.40. The van der Waals surface area contributed by atoms with Crippen LogP contribution in [0.3, 0.4) is 0 Å². The smallest absolute Gasteiger partial charge is 0.0568 e. The quantitative estimate of drug-likeness (QED) is 0.741. The van der Waals surface area contributed by atoms with Crippen LogP contribution in [0.2, 0.25) is 0 Å². The van der Waals surface area contributed by atoms with Crippen molar-refractivity contribution in [1.29, 1.82) is 0 Å². The topological polar surface area (TPSA) is 29.5 Å². The summed E-state index contributed by atoms with van der Waals surface area (Å²) in [6, 6.07) is 0. The first-order valence-electron chi connectivity index (χ1n) is 5.24. The molecule has 1 N–H and O–H groups in total. The van der Waals surface area contributed by atoms with Crippen LogP contribution in [0.1, 0.15) is 53.4 Å². The van der Waals surface area contributed by atoms with Crippen LogP contribution in [0.5, 0.6) is 0 Å². The van der Waals surface area contributed by atoms with E-state index in [0.717, 1.165) is 13.5 Å². The van der Waals surface area contributed by atoms with Gasteiger partial charge in [0.1, 0.15) is 0 Å². The van der Waals surface area contributed by atoms with E-state index in [-0.39, 0.29) is 0 Å². The lowest BCUT2D eigenvalue weighted by atomic mass is 10.2. The summed E-state index contributed by atoms with van der Waals surface area (Å²) in [5.74, 6) is 0. The molecule has 0 aliphatic rings. The van der Waals surface area contributed by atoms with Gasteiger partial charge in [0.15, 0.2) is 0 Å². The van der Waals surface area contributed by atoms with Crippen LogP contribution in [0.25, 0.3) is 0 Å². The van der Waals surface area contributed by atoms with E-state index in [1.807, 2.05) is 0 Å². The minimum Gasteiger partial charge on any atom is -0.400 e. The molecule has 2 heteroatoms. The van der Waals surface area contributed by atoms with Gasteiger partial charge in [0.25, 0.3) is 0 Å². The van der Waals surface area contributed by atoms with E-state index >= 15 is 0 Å². The van der Waals surface area contributed by atoms with E-state index in [4.69, 9.17) is 9.84 Å². The van der Waals surface area contributed by atoms with Crippen LogP contribution in [-0.2, 0) is 4.74 Å². The minimum atomic E-state index is 0.500. The molecule has 0 rings (SSSR count). The summed E-state index contributed by atoms with van der Waals surface area (Å²) in [5, 5.41) is 7.00. The fraction of sp³-hybridized carbons (Fsp3) is 1.00. The summed E-state index contributed by atoms with van der Waals surface area (Å²) >= 11 is 0. The van der Waals surface area contributed by atoms with Crippen LogP contribution >= 0.6 is 0 Å². The molecule has 0 saturated carbocycles. The van der Waals surface area contributed by atoms with Gasteiger partial charge in [-0.3, -0.25) is 0 Å². The van der Waals surface area contributed by atoms with Gasteiger partial charge < -0.3 is 9.84 Å². The predicted octanol–water partition coefficient (Wildman–Crippen LogP) is 3.24. The zero-order valence-electron chi connectivity index (χ0n) is 10.3. The van der Waals surface area contributed by atoms with E-state index in [1.165, 1.54) is 19.3 Å². The molecule has 84 valence electrons. The molecule has 0 aromatic rings. The Labute approximate surface area is 84.3 Å². The van der Waals surface area contributed by atoms with Crippen LogP contribution in [-0.4, -0.2) is 25.4 Å². The second kappa shape index (κ2) is 22.7. The van der Waals surface area contributed by atoms with Gasteiger partial charge in [0.05, 0.1) is 6.10 Å². The predicted molar refractivity (Wildman–Crippen MR) is 60.1 cm³/mol. The van der Waals surface area contributed by atoms with Crippen LogP contribution in [0.15, 0.2) is 0 Å². The molecule has 0 aliphatic heterocycles. The summed E-state index contributed by atoms with van der Waals surface area (Å²) in [6.45, 7) is 8.59. The zero-order chi connectivity index (χ0) is 11.1. The Bertz CT molecular complexity index is 52.1. The molecule has 1 atom stereocenters. The number of rotatable bonds is 4. The van der Waals surface area contributed by atoms with Crippen molar-refractivity contribution in [2.45, 2.75) is 59.5 Å². The van der Waals surface area contributed by atoms with Crippen molar-refractivity contribution in [2.75, 3.05) is 14.2 Å². The van der Waals surface area contributed by atoms with E-state index in [0.29, 0.717) is 6.10 Å². The number of hydrogen-bond acceptors (Lipinski definition) is 2. The average molecular weight is 192 g/mol. The van der Waals surface area contributed by atoms with Gasteiger partial charge in [-0.2, -0.15) is 0 Å². The van der Waals surface area contributed by atoms with Crippen molar-refractivity contribution >= 4 is 0 Å². The highest BCUT2D eigenvalue weighted by molar-refractivity contribution is 4.50. The molecule has 0 aromatic carbocycles. The van der Waals surface area contributed by atoms with Gasteiger partial charge in [0, 0.05) is 14.2 Å². The number of methoxy groups -OCH3 is 1. The highest BCUT2D eigenvalue weighted by Crippen LogP contribution is 2.03. The summed E-state index contributed by atoms with van der Waals surface area (Å²) < 4.78 is 5.14. The average Bonchev–Trinajstić information content (AvgIpc) is 2.18. The minimum absolute atomic E-state index is 0.500. The molecule has 13 heavy (non-hydrogen) atoms. The molecule has 0 heterocycles. The molecule has 0 amide bonds. The maximum Gasteiger partial charge on any atom is 0.0568 e. The van der Waals surface area contributed by atoms with Gasteiger partial charge in [0.2, 0.25) is 0 Å². The molecule has 2 nitrogen and oxygen atoms in total. The van der Waals surface area contributed by atoms with Crippen molar-refractivity contribution in [1.82, 2.24) is 0 Å². The molecule has 0 radical (unpaired) electrons. The van der Waals surface area contributed by atoms with Crippen LogP contribution < -0.4 is 0 Å². The molecule has 0 aromatic heterocycles. The van der Waals surface area contributed by atoms with Crippen molar-refractivity contribution in [3.05, 3.63) is 0 Å². The maximum atomic E-state index is 7.00. The van der Waals surface area contributed by atoms with E-state index < -0.39 is 0 Å². The third kappa shape index (κ3) is 24.5. The normalized spacial score (nSPS) is 10.4. The first-order chi connectivity index (χ1) is 6.26. The molecular weight excluding hydrogens is 164 g/mol. The van der Waals surface area contributed by atoms with Gasteiger partial charge >= 0.3 is 0 Å². The Morgan fingerprint density at radius 3 is 1.54 bits per heavy atom. The Hall–Kier alpha value is -0.0800. The summed E-state index contributed by atoms with van der Waals surface area (Å²) in [6.07, 6.45) is 5.32. The van der Waals surface area contributed by atoms with Crippen LogP contribution in [0.4, 0.5) is 0 Å². The lowest BCUT2D eigenvalue weighted by Gasteiger charge is -2.09. The number of hydrogen-bond donors (Lipinski definition) is 1. The summed E-state index contributed by atoms with van der Waals surface area (Å²) in [7, 11) is 2.78. The van der Waals surface area contributed by atoms with E-state index in [1.54, 1.807) is 7.11 Å². The van der Waals surface area contributed by atoms with Crippen molar-refractivity contribution < 1.29 is 9.84 Å². The zero-order valence-corrected chi connectivity index (χ0v) is 10.3. The summed E-state index contributed by atoms with van der Waals surface area (Å²) in [5.41, 5.74) is 0. The van der Waals surface area contributed by atoms with E-state index in [2.05, 4.69) is 27.7 Å². The summed E-state index contributed by atoms with van der Waals surface area (Å²) in [4.78, 5) is 0. The molecule has 0 spiro atoms. The largest absolute Gasteiger partial charge is 0.400 e. The van der Waals surface area contributed by atoms with Crippen LogP contribution in [0, 0.1) is 0 Å². The number of aliphatic hydroxyl groups is 1. The second-order valence-corrected chi connectivity index (χ2v) is 2.76. The first-order valence-corrected chi connectivity index (χ1v) is 5.24. The molecular formula is C11H28O2. The monoisotopic (exact) mass is 192 g/mol.